The van der Waals surface area contributed by atoms with Crippen LogP contribution in [-0.4, -0.2) is 12.1 Å². The van der Waals surface area contributed by atoms with Gasteiger partial charge in [0.05, 0.1) is 6.10 Å². The fraction of sp³-hybridized carbons (Fsp3) is 0.684. The number of ether oxygens (including phenoxy) is 1. The minimum absolute atomic E-state index is 0.243. The molecule has 1 saturated carbocycles. The van der Waals surface area contributed by atoms with Crippen molar-refractivity contribution < 1.29 is 4.74 Å². The van der Waals surface area contributed by atoms with Gasteiger partial charge in [-0.1, -0.05) is 31.9 Å². The normalized spacial score (nSPS) is 22.5. The van der Waals surface area contributed by atoms with Crippen molar-refractivity contribution in [2.45, 2.75) is 78.0 Å². The molecule has 2 heteroatoms. The van der Waals surface area contributed by atoms with Crippen molar-refractivity contribution in [1.29, 1.82) is 0 Å². The van der Waals surface area contributed by atoms with Gasteiger partial charge in [0.25, 0.3) is 0 Å². The molecule has 0 unspecified atom stereocenters. The maximum Gasteiger partial charge on any atom is 0.119 e. The first-order chi connectivity index (χ1) is 10.2. The van der Waals surface area contributed by atoms with E-state index in [-0.39, 0.29) is 6.10 Å². The number of hydrogen-bond acceptors (Lipinski definition) is 2. The summed E-state index contributed by atoms with van der Waals surface area (Å²) in [6.45, 7) is 7.40. The predicted octanol–water partition coefficient (Wildman–Crippen LogP) is 4.92. The summed E-state index contributed by atoms with van der Waals surface area (Å²) < 4.78 is 5.68. The van der Waals surface area contributed by atoms with Crippen LogP contribution in [0.3, 0.4) is 0 Å². The van der Waals surface area contributed by atoms with Crippen LogP contribution in [0.25, 0.3) is 0 Å². The molecule has 0 atom stereocenters. The fourth-order valence-corrected chi connectivity index (χ4v) is 3.28. The van der Waals surface area contributed by atoms with Gasteiger partial charge in [0.2, 0.25) is 0 Å². The quantitative estimate of drug-likeness (QED) is 0.769. The molecular formula is C19H31NO. The Morgan fingerprint density at radius 3 is 2.33 bits per heavy atom. The lowest BCUT2D eigenvalue weighted by Crippen LogP contribution is -2.32. The molecule has 118 valence electrons. The molecule has 0 spiro atoms. The zero-order valence-electron chi connectivity index (χ0n) is 13.9. The van der Waals surface area contributed by atoms with E-state index < -0.39 is 0 Å². The molecule has 1 N–H and O–H groups in total. The SMILES string of the molecule is CCCC1CCC(NCc2ccc(OC(C)C)cc2)CC1. The fourth-order valence-electron chi connectivity index (χ4n) is 3.28. The molecule has 1 aliphatic carbocycles. The van der Waals surface area contributed by atoms with E-state index in [0.29, 0.717) is 6.04 Å². The second-order valence-electron chi connectivity index (χ2n) is 6.70. The van der Waals surface area contributed by atoms with Crippen LogP contribution in [0.1, 0.15) is 64.9 Å². The molecule has 0 heterocycles. The Bertz CT molecular complexity index is 391. The first-order valence-corrected chi connectivity index (χ1v) is 8.66. The molecule has 1 aromatic carbocycles. The number of rotatable bonds is 7. The van der Waals surface area contributed by atoms with Gasteiger partial charge < -0.3 is 10.1 Å². The van der Waals surface area contributed by atoms with Crippen LogP contribution in [0.2, 0.25) is 0 Å². The van der Waals surface area contributed by atoms with Gasteiger partial charge in [-0.25, -0.2) is 0 Å². The second-order valence-corrected chi connectivity index (χ2v) is 6.70. The van der Waals surface area contributed by atoms with Gasteiger partial charge in [0.15, 0.2) is 0 Å². The molecule has 21 heavy (non-hydrogen) atoms. The Morgan fingerprint density at radius 1 is 1.10 bits per heavy atom. The third-order valence-electron chi connectivity index (χ3n) is 4.43. The van der Waals surface area contributed by atoms with Gasteiger partial charge >= 0.3 is 0 Å². The van der Waals surface area contributed by atoms with E-state index in [0.717, 1.165) is 18.2 Å². The molecule has 0 aromatic heterocycles. The Hall–Kier alpha value is -1.02. The monoisotopic (exact) mass is 289 g/mol. The van der Waals surface area contributed by atoms with E-state index in [2.05, 4.69) is 50.4 Å². The van der Waals surface area contributed by atoms with E-state index >= 15 is 0 Å². The van der Waals surface area contributed by atoms with E-state index in [1.807, 2.05) is 0 Å². The third kappa shape index (κ3) is 5.70. The number of nitrogens with one attached hydrogen (secondary N) is 1. The van der Waals surface area contributed by atoms with E-state index in [4.69, 9.17) is 4.74 Å². The highest BCUT2D eigenvalue weighted by molar-refractivity contribution is 5.27. The summed E-state index contributed by atoms with van der Waals surface area (Å²) in [5.74, 6) is 1.95. The molecule has 0 bridgehead atoms. The second kappa shape index (κ2) is 8.43. The minimum atomic E-state index is 0.243. The van der Waals surface area contributed by atoms with Gasteiger partial charge in [-0.05, 0) is 63.1 Å². The predicted molar refractivity (Wildman–Crippen MR) is 89.7 cm³/mol. The molecule has 0 amide bonds. The van der Waals surface area contributed by atoms with E-state index in [1.165, 1.54) is 44.1 Å². The third-order valence-corrected chi connectivity index (χ3v) is 4.43. The number of hydrogen-bond donors (Lipinski definition) is 1. The van der Waals surface area contributed by atoms with Gasteiger partial charge in [0.1, 0.15) is 5.75 Å². The first-order valence-electron chi connectivity index (χ1n) is 8.66. The maximum atomic E-state index is 5.68. The molecule has 0 saturated heterocycles. The van der Waals surface area contributed by atoms with E-state index in [9.17, 15) is 0 Å². The van der Waals surface area contributed by atoms with Gasteiger partial charge in [-0.15, -0.1) is 0 Å². The Kier molecular flexibility index (Phi) is 6.56. The van der Waals surface area contributed by atoms with Crippen molar-refractivity contribution in [1.82, 2.24) is 5.32 Å². The van der Waals surface area contributed by atoms with Crippen LogP contribution in [0.5, 0.6) is 5.75 Å². The zero-order chi connectivity index (χ0) is 15.1. The highest BCUT2D eigenvalue weighted by atomic mass is 16.5. The lowest BCUT2D eigenvalue weighted by molar-refractivity contribution is 0.242. The van der Waals surface area contributed by atoms with Crippen LogP contribution in [0, 0.1) is 5.92 Å². The lowest BCUT2D eigenvalue weighted by atomic mass is 9.83. The summed E-state index contributed by atoms with van der Waals surface area (Å²) in [5, 5.41) is 3.72. The van der Waals surface area contributed by atoms with Gasteiger partial charge in [-0.3, -0.25) is 0 Å². The van der Waals surface area contributed by atoms with Crippen LogP contribution >= 0.6 is 0 Å². The summed E-state index contributed by atoms with van der Waals surface area (Å²) >= 11 is 0. The number of benzene rings is 1. The molecule has 2 rings (SSSR count). The largest absolute Gasteiger partial charge is 0.491 e. The van der Waals surface area contributed by atoms with Crippen molar-refractivity contribution in [2.75, 3.05) is 0 Å². The van der Waals surface area contributed by atoms with E-state index in [1.54, 1.807) is 0 Å². The first kappa shape index (κ1) is 16.4. The zero-order valence-corrected chi connectivity index (χ0v) is 13.9. The minimum Gasteiger partial charge on any atom is -0.491 e. The Labute approximate surface area is 130 Å². The molecule has 0 radical (unpaired) electrons. The maximum absolute atomic E-state index is 5.68. The van der Waals surface area contributed by atoms with Crippen molar-refractivity contribution >= 4 is 0 Å². The lowest BCUT2D eigenvalue weighted by Gasteiger charge is -2.29. The molecule has 0 aliphatic heterocycles. The highest BCUT2D eigenvalue weighted by Crippen LogP contribution is 2.27. The highest BCUT2D eigenvalue weighted by Gasteiger charge is 2.19. The van der Waals surface area contributed by atoms with Crippen molar-refractivity contribution in [3.63, 3.8) is 0 Å². The summed E-state index contributed by atoms with van der Waals surface area (Å²) in [6, 6.07) is 9.22. The topological polar surface area (TPSA) is 21.3 Å². The Morgan fingerprint density at radius 2 is 1.76 bits per heavy atom. The smallest absolute Gasteiger partial charge is 0.119 e. The van der Waals surface area contributed by atoms with Crippen molar-refractivity contribution in [3.8, 4) is 5.75 Å². The summed E-state index contributed by atoms with van der Waals surface area (Å²) in [7, 11) is 0. The van der Waals surface area contributed by atoms with Crippen LogP contribution < -0.4 is 10.1 Å². The average molecular weight is 289 g/mol. The summed E-state index contributed by atoms with van der Waals surface area (Å²) in [5.41, 5.74) is 1.35. The van der Waals surface area contributed by atoms with Crippen LogP contribution in [0.4, 0.5) is 0 Å². The molecular weight excluding hydrogens is 258 g/mol. The molecule has 1 aliphatic rings. The Balaban J connectivity index is 1.71. The van der Waals surface area contributed by atoms with Crippen molar-refractivity contribution in [3.05, 3.63) is 29.8 Å². The average Bonchev–Trinajstić information content (AvgIpc) is 2.48. The van der Waals surface area contributed by atoms with Crippen molar-refractivity contribution in [2.24, 2.45) is 5.92 Å². The molecule has 1 aromatic rings. The summed E-state index contributed by atoms with van der Waals surface area (Å²) in [6.07, 6.45) is 8.52. The van der Waals surface area contributed by atoms with Crippen LogP contribution in [0.15, 0.2) is 24.3 Å². The van der Waals surface area contributed by atoms with Gasteiger partial charge in [0, 0.05) is 12.6 Å². The molecule has 2 nitrogen and oxygen atoms in total. The standard InChI is InChI=1S/C19H31NO/c1-4-5-16-6-10-18(11-7-16)20-14-17-8-12-19(13-9-17)21-15(2)3/h8-9,12-13,15-16,18,20H,4-7,10-11,14H2,1-3H3. The molecule has 1 fully saturated rings. The van der Waals surface area contributed by atoms with Crippen LogP contribution in [-0.2, 0) is 6.54 Å². The summed E-state index contributed by atoms with van der Waals surface area (Å²) in [4.78, 5) is 0. The van der Waals surface area contributed by atoms with Gasteiger partial charge in [-0.2, -0.15) is 0 Å².